The van der Waals surface area contributed by atoms with Gasteiger partial charge in [0.15, 0.2) is 5.96 Å². The molecule has 2 N–H and O–H groups in total. The molecule has 29 heavy (non-hydrogen) atoms. The number of hydrogen-bond acceptors (Lipinski definition) is 4. The van der Waals surface area contributed by atoms with Crippen LogP contribution in [-0.2, 0) is 16.6 Å². The summed E-state index contributed by atoms with van der Waals surface area (Å²) in [6.45, 7) is 8.71. The number of nitrogens with zero attached hydrogens (tertiary/aromatic N) is 3. The molecule has 1 aromatic rings. The van der Waals surface area contributed by atoms with Gasteiger partial charge in [-0.25, -0.2) is 17.7 Å². The van der Waals surface area contributed by atoms with E-state index in [4.69, 9.17) is 0 Å². The van der Waals surface area contributed by atoms with Crippen molar-refractivity contribution in [2.24, 2.45) is 4.99 Å². The highest BCUT2D eigenvalue weighted by Crippen LogP contribution is 2.18. The van der Waals surface area contributed by atoms with Crippen LogP contribution in [0.5, 0.6) is 0 Å². The van der Waals surface area contributed by atoms with E-state index < -0.39 is 10.0 Å². The molecular weight excluding hydrogens is 386 g/mol. The number of benzene rings is 1. The van der Waals surface area contributed by atoms with Crippen LogP contribution in [0.1, 0.15) is 45.1 Å². The fourth-order valence-corrected chi connectivity index (χ4v) is 4.53. The van der Waals surface area contributed by atoms with Crippen LogP contribution in [0.3, 0.4) is 0 Å². The summed E-state index contributed by atoms with van der Waals surface area (Å²) < 4.78 is 25.5. The van der Waals surface area contributed by atoms with Crippen molar-refractivity contribution in [1.29, 1.82) is 0 Å². The standard InChI is InChI=1S/C21H37N5O2S/c1-5-19-9-7-8-15-26(19)16-14-23-21(22-6-2)24-17-18-10-12-20(13-11-18)29(27,28)25(3)4/h10-13,19H,5-9,14-17H2,1-4H3,(H2,22,23,24). The predicted molar refractivity (Wildman–Crippen MR) is 120 cm³/mol. The van der Waals surface area contributed by atoms with Crippen molar-refractivity contribution in [3.05, 3.63) is 29.8 Å². The summed E-state index contributed by atoms with van der Waals surface area (Å²) in [4.78, 5) is 7.53. The maximum absolute atomic E-state index is 12.2. The molecule has 164 valence electrons. The van der Waals surface area contributed by atoms with Crippen LogP contribution >= 0.6 is 0 Å². The van der Waals surface area contributed by atoms with E-state index in [2.05, 4.69) is 34.4 Å². The minimum Gasteiger partial charge on any atom is -0.357 e. The van der Waals surface area contributed by atoms with E-state index in [1.807, 2.05) is 12.1 Å². The molecule has 0 radical (unpaired) electrons. The monoisotopic (exact) mass is 423 g/mol. The minimum absolute atomic E-state index is 0.298. The SMILES string of the molecule is CCNC(=NCc1ccc(S(=O)(=O)N(C)C)cc1)NCCN1CCCCC1CC. The number of aliphatic imine (C=N–C) groups is 1. The summed E-state index contributed by atoms with van der Waals surface area (Å²) in [7, 11) is -0.323. The molecule has 0 aromatic heterocycles. The first kappa shape index (κ1) is 23.6. The van der Waals surface area contributed by atoms with Gasteiger partial charge >= 0.3 is 0 Å². The second kappa shape index (κ2) is 11.5. The number of likely N-dealkylation sites (tertiary alicyclic amines) is 1. The second-order valence-corrected chi connectivity index (χ2v) is 9.80. The van der Waals surface area contributed by atoms with Crippen molar-refractivity contribution in [3.8, 4) is 0 Å². The van der Waals surface area contributed by atoms with E-state index in [-0.39, 0.29) is 0 Å². The summed E-state index contributed by atoms with van der Waals surface area (Å²) in [5.74, 6) is 0.794. The fourth-order valence-electron chi connectivity index (χ4n) is 3.62. The maximum atomic E-state index is 12.2. The van der Waals surface area contributed by atoms with Gasteiger partial charge in [-0.1, -0.05) is 25.5 Å². The Morgan fingerprint density at radius 2 is 1.90 bits per heavy atom. The summed E-state index contributed by atoms with van der Waals surface area (Å²) in [5.41, 5.74) is 0.974. The lowest BCUT2D eigenvalue weighted by molar-refractivity contribution is 0.147. The molecule has 1 unspecified atom stereocenters. The van der Waals surface area contributed by atoms with Gasteiger partial charge in [-0.05, 0) is 50.4 Å². The largest absolute Gasteiger partial charge is 0.357 e. The summed E-state index contributed by atoms with van der Waals surface area (Å²) >= 11 is 0. The number of nitrogens with one attached hydrogen (secondary N) is 2. The molecular formula is C21H37N5O2S. The average molecular weight is 424 g/mol. The molecule has 1 saturated heterocycles. The normalized spacial score (nSPS) is 18.8. The van der Waals surface area contributed by atoms with E-state index in [0.717, 1.165) is 31.2 Å². The van der Waals surface area contributed by atoms with Crippen molar-refractivity contribution >= 4 is 16.0 Å². The predicted octanol–water partition coefficient (Wildman–Crippen LogP) is 2.26. The molecule has 0 saturated carbocycles. The minimum atomic E-state index is -3.39. The number of guanidine groups is 1. The van der Waals surface area contributed by atoms with E-state index in [0.29, 0.717) is 17.5 Å². The Morgan fingerprint density at radius 1 is 1.17 bits per heavy atom. The highest BCUT2D eigenvalue weighted by atomic mass is 32.2. The lowest BCUT2D eigenvalue weighted by Crippen LogP contribution is -2.45. The molecule has 0 spiro atoms. The molecule has 1 fully saturated rings. The van der Waals surface area contributed by atoms with Gasteiger partial charge in [0.2, 0.25) is 10.0 Å². The van der Waals surface area contributed by atoms with Crippen LogP contribution in [0, 0.1) is 0 Å². The lowest BCUT2D eigenvalue weighted by Gasteiger charge is -2.35. The van der Waals surface area contributed by atoms with Gasteiger partial charge in [0, 0.05) is 39.8 Å². The van der Waals surface area contributed by atoms with Crippen LogP contribution in [-0.4, -0.2) is 69.9 Å². The number of sulfonamides is 1. The van der Waals surface area contributed by atoms with Gasteiger partial charge < -0.3 is 10.6 Å². The smallest absolute Gasteiger partial charge is 0.242 e. The molecule has 0 aliphatic carbocycles. The fraction of sp³-hybridized carbons (Fsp3) is 0.667. The Kier molecular flexibility index (Phi) is 9.39. The Hall–Kier alpha value is -1.64. The van der Waals surface area contributed by atoms with Crippen molar-refractivity contribution in [1.82, 2.24) is 19.8 Å². The van der Waals surface area contributed by atoms with Gasteiger partial charge in [0.25, 0.3) is 0 Å². The number of rotatable bonds is 9. The van der Waals surface area contributed by atoms with E-state index in [1.165, 1.54) is 50.6 Å². The lowest BCUT2D eigenvalue weighted by atomic mass is 10.0. The zero-order valence-electron chi connectivity index (χ0n) is 18.3. The molecule has 0 bridgehead atoms. The zero-order valence-corrected chi connectivity index (χ0v) is 19.1. The highest BCUT2D eigenvalue weighted by molar-refractivity contribution is 7.89. The first-order valence-corrected chi connectivity index (χ1v) is 12.1. The Balaban J connectivity index is 1.91. The first-order valence-electron chi connectivity index (χ1n) is 10.7. The Labute approximate surface area is 176 Å². The quantitative estimate of drug-likeness (QED) is 0.471. The zero-order chi connectivity index (χ0) is 21.3. The van der Waals surface area contributed by atoms with E-state index >= 15 is 0 Å². The molecule has 2 rings (SSSR count). The molecule has 1 aliphatic heterocycles. The van der Waals surface area contributed by atoms with Crippen molar-refractivity contribution in [2.75, 3.05) is 40.3 Å². The van der Waals surface area contributed by atoms with Gasteiger partial charge in [0.1, 0.15) is 0 Å². The highest BCUT2D eigenvalue weighted by Gasteiger charge is 2.20. The third-order valence-electron chi connectivity index (χ3n) is 5.38. The molecule has 1 heterocycles. The first-order chi connectivity index (χ1) is 13.9. The van der Waals surface area contributed by atoms with Crippen LogP contribution < -0.4 is 10.6 Å². The van der Waals surface area contributed by atoms with Gasteiger partial charge in [-0.15, -0.1) is 0 Å². The van der Waals surface area contributed by atoms with Crippen molar-refractivity contribution in [2.45, 2.75) is 57.0 Å². The van der Waals surface area contributed by atoms with Crippen molar-refractivity contribution < 1.29 is 8.42 Å². The maximum Gasteiger partial charge on any atom is 0.242 e. The molecule has 0 amide bonds. The van der Waals surface area contributed by atoms with Crippen molar-refractivity contribution in [3.63, 3.8) is 0 Å². The summed E-state index contributed by atoms with van der Waals surface area (Å²) in [6.07, 6.45) is 5.17. The van der Waals surface area contributed by atoms with Crippen LogP contribution in [0.25, 0.3) is 0 Å². The summed E-state index contributed by atoms with van der Waals surface area (Å²) in [6, 6.07) is 7.64. The third kappa shape index (κ3) is 6.97. The van der Waals surface area contributed by atoms with Crippen LogP contribution in [0.4, 0.5) is 0 Å². The third-order valence-corrected chi connectivity index (χ3v) is 7.21. The molecule has 1 atom stereocenters. The number of hydrogen-bond donors (Lipinski definition) is 2. The van der Waals surface area contributed by atoms with E-state index in [9.17, 15) is 8.42 Å². The van der Waals surface area contributed by atoms with Gasteiger partial charge in [-0.3, -0.25) is 4.90 Å². The van der Waals surface area contributed by atoms with Gasteiger partial charge in [-0.2, -0.15) is 0 Å². The second-order valence-electron chi connectivity index (χ2n) is 7.65. The van der Waals surface area contributed by atoms with E-state index in [1.54, 1.807) is 12.1 Å². The Bertz CT molecular complexity index is 747. The van der Waals surface area contributed by atoms with Gasteiger partial charge in [0.05, 0.1) is 11.4 Å². The van der Waals surface area contributed by atoms with Crippen LogP contribution in [0.2, 0.25) is 0 Å². The topological polar surface area (TPSA) is 77.0 Å². The number of piperidine rings is 1. The molecule has 7 nitrogen and oxygen atoms in total. The Morgan fingerprint density at radius 3 is 2.52 bits per heavy atom. The molecule has 8 heteroatoms. The van der Waals surface area contributed by atoms with Crippen LogP contribution in [0.15, 0.2) is 34.2 Å². The molecule has 1 aromatic carbocycles. The molecule has 1 aliphatic rings. The summed E-state index contributed by atoms with van der Waals surface area (Å²) in [5, 5.41) is 6.71. The average Bonchev–Trinajstić information content (AvgIpc) is 2.72.